The van der Waals surface area contributed by atoms with Crippen LogP contribution in [0.2, 0.25) is 5.02 Å². The van der Waals surface area contributed by atoms with Crippen LogP contribution in [0.4, 0.5) is 0 Å². The highest BCUT2D eigenvalue weighted by atomic mass is 35.5. The van der Waals surface area contributed by atoms with E-state index >= 15 is 0 Å². The molecule has 4 aliphatic carbocycles. The molecule has 7 heteroatoms. The van der Waals surface area contributed by atoms with Crippen molar-refractivity contribution < 1.29 is 18.3 Å². The highest BCUT2D eigenvalue weighted by Gasteiger charge is 2.53. The highest BCUT2D eigenvalue weighted by Crippen LogP contribution is 2.61. The van der Waals surface area contributed by atoms with Crippen LogP contribution < -0.4 is 4.72 Å². The highest BCUT2D eigenvalue weighted by molar-refractivity contribution is 7.89. The van der Waals surface area contributed by atoms with Gasteiger partial charge in [-0.15, -0.1) is 0 Å². The van der Waals surface area contributed by atoms with Crippen molar-refractivity contribution in [1.82, 2.24) is 4.72 Å². The molecule has 1 aromatic rings. The summed E-state index contributed by atoms with van der Waals surface area (Å²) in [5, 5.41) is 9.19. The minimum Gasteiger partial charge on any atom is -0.478 e. The maximum absolute atomic E-state index is 12.9. The molecule has 0 saturated heterocycles. The molecule has 0 unspecified atom stereocenters. The first-order valence-electron chi connectivity index (χ1n) is 9.24. The first-order valence-corrected chi connectivity index (χ1v) is 11.1. The van der Waals surface area contributed by atoms with Gasteiger partial charge in [0.05, 0.1) is 10.6 Å². The summed E-state index contributed by atoms with van der Waals surface area (Å²) >= 11 is 6.08. The van der Waals surface area contributed by atoms with Crippen molar-refractivity contribution >= 4 is 27.6 Å². The van der Waals surface area contributed by atoms with Gasteiger partial charge in [-0.1, -0.05) is 11.6 Å². The van der Waals surface area contributed by atoms with Crippen LogP contribution in [0.1, 0.15) is 55.8 Å². The first-order chi connectivity index (χ1) is 12.2. The van der Waals surface area contributed by atoms with Crippen molar-refractivity contribution in [3.05, 3.63) is 28.8 Å². The Morgan fingerprint density at radius 1 is 1.19 bits per heavy atom. The molecule has 0 spiro atoms. The number of carboxylic acids is 1. The summed E-state index contributed by atoms with van der Waals surface area (Å²) in [6.07, 6.45) is 7.16. The molecule has 4 fully saturated rings. The van der Waals surface area contributed by atoms with E-state index in [2.05, 4.69) is 4.72 Å². The fraction of sp³-hybridized carbons (Fsp3) is 0.632. The topological polar surface area (TPSA) is 83.5 Å². The third-order valence-electron chi connectivity index (χ3n) is 6.80. The normalized spacial score (nSPS) is 34.0. The maximum atomic E-state index is 12.9. The molecule has 4 bridgehead atoms. The lowest BCUT2D eigenvalue weighted by Crippen LogP contribution is -2.55. The van der Waals surface area contributed by atoms with E-state index in [-0.39, 0.29) is 26.9 Å². The standard InChI is InChI=1S/C19H24ClNO4S/c1-11(19-8-12-4-13(9-19)6-14(5-12)10-19)21-26(24,25)17-7-15(18(22)23)2-3-16(17)20/h2-3,7,11-14,21H,4-6,8-10H2,1H3,(H,22,23)/t11-,12?,13?,14?,19?/m0/s1. The van der Waals surface area contributed by atoms with Crippen molar-refractivity contribution in [2.24, 2.45) is 23.2 Å². The van der Waals surface area contributed by atoms with Crippen LogP contribution in [-0.4, -0.2) is 25.5 Å². The molecule has 0 amide bonds. The van der Waals surface area contributed by atoms with Gasteiger partial charge in [0.25, 0.3) is 0 Å². The van der Waals surface area contributed by atoms with E-state index in [1.54, 1.807) is 0 Å². The SMILES string of the molecule is C[C@H](NS(=O)(=O)c1cc(C(=O)O)ccc1Cl)C12CC3CC(CC(C3)C1)C2. The summed E-state index contributed by atoms with van der Waals surface area (Å²) in [5.74, 6) is 1.01. The molecule has 0 aliphatic heterocycles. The molecule has 4 aliphatic rings. The van der Waals surface area contributed by atoms with E-state index in [1.807, 2.05) is 6.92 Å². The zero-order chi connectivity index (χ0) is 18.7. The average molecular weight is 398 g/mol. The number of benzene rings is 1. The molecular weight excluding hydrogens is 374 g/mol. The zero-order valence-electron chi connectivity index (χ0n) is 14.7. The summed E-state index contributed by atoms with van der Waals surface area (Å²) in [7, 11) is -3.89. The van der Waals surface area contributed by atoms with E-state index in [1.165, 1.54) is 31.4 Å². The summed E-state index contributed by atoms with van der Waals surface area (Å²) in [5.41, 5.74) is -0.0594. The zero-order valence-corrected chi connectivity index (χ0v) is 16.3. The molecule has 1 aromatic carbocycles. The van der Waals surface area contributed by atoms with E-state index < -0.39 is 16.0 Å². The second-order valence-corrected chi connectivity index (χ2v) is 10.7. The smallest absolute Gasteiger partial charge is 0.335 e. The summed E-state index contributed by atoms with van der Waals surface area (Å²) < 4.78 is 28.7. The summed E-state index contributed by atoms with van der Waals surface area (Å²) in [6.45, 7) is 1.96. The Labute approximate surface area is 159 Å². The monoisotopic (exact) mass is 397 g/mol. The van der Waals surface area contributed by atoms with Crippen LogP contribution >= 0.6 is 11.6 Å². The van der Waals surface area contributed by atoms with E-state index in [4.69, 9.17) is 16.7 Å². The third-order valence-corrected chi connectivity index (χ3v) is 8.83. The predicted molar refractivity (Wildman–Crippen MR) is 98.8 cm³/mol. The van der Waals surface area contributed by atoms with Gasteiger partial charge < -0.3 is 5.11 Å². The Morgan fingerprint density at radius 3 is 2.23 bits per heavy atom. The van der Waals surface area contributed by atoms with Crippen molar-refractivity contribution in [3.8, 4) is 0 Å². The lowest BCUT2D eigenvalue weighted by molar-refractivity contribution is -0.0666. The van der Waals surface area contributed by atoms with Gasteiger partial charge in [-0.2, -0.15) is 0 Å². The van der Waals surface area contributed by atoms with E-state index in [0.29, 0.717) is 0 Å². The number of hydrogen-bond acceptors (Lipinski definition) is 3. The number of carbonyl (C=O) groups is 1. The first kappa shape index (κ1) is 18.3. The largest absolute Gasteiger partial charge is 0.478 e. The fourth-order valence-corrected chi connectivity index (χ4v) is 7.84. The van der Waals surface area contributed by atoms with Crippen molar-refractivity contribution in [2.45, 2.75) is 56.4 Å². The summed E-state index contributed by atoms with van der Waals surface area (Å²) in [6, 6.07) is 3.59. The second kappa shape index (κ2) is 6.21. The van der Waals surface area contributed by atoms with Crippen LogP contribution in [0.5, 0.6) is 0 Å². The quantitative estimate of drug-likeness (QED) is 0.788. The lowest BCUT2D eigenvalue weighted by atomic mass is 9.48. The minimum absolute atomic E-state index is 0.0265. The summed E-state index contributed by atoms with van der Waals surface area (Å²) in [4.78, 5) is 11.0. The van der Waals surface area contributed by atoms with Crippen molar-refractivity contribution in [1.29, 1.82) is 0 Å². The van der Waals surface area contributed by atoms with Gasteiger partial charge >= 0.3 is 5.97 Å². The van der Waals surface area contributed by atoms with Gasteiger partial charge in [-0.05, 0) is 86.8 Å². The molecule has 5 rings (SSSR count). The van der Waals surface area contributed by atoms with Crippen LogP contribution in [0.25, 0.3) is 0 Å². The van der Waals surface area contributed by atoms with Crippen LogP contribution in [0.15, 0.2) is 23.1 Å². The fourth-order valence-electron chi connectivity index (χ4n) is 5.97. The van der Waals surface area contributed by atoms with Gasteiger partial charge in [0, 0.05) is 6.04 Å². The number of rotatable bonds is 5. The molecule has 26 heavy (non-hydrogen) atoms. The van der Waals surface area contributed by atoms with Gasteiger partial charge in [-0.3, -0.25) is 0 Å². The molecule has 0 aromatic heterocycles. The Bertz CT molecular complexity index is 816. The van der Waals surface area contributed by atoms with Crippen molar-refractivity contribution in [2.75, 3.05) is 0 Å². The van der Waals surface area contributed by atoms with Crippen LogP contribution in [-0.2, 0) is 10.0 Å². The predicted octanol–water partition coefficient (Wildman–Crippen LogP) is 3.92. The Morgan fingerprint density at radius 2 is 1.73 bits per heavy atom. The van der Waals surface area contributed by atoms with Gasteiger partial charge in [0.2, 0.25) is 10.0 Å². The Hall–Kier alpha value is -1.11. The number of sulfonamides is 1. The third kappa shape index (κ3) is 3.06. The van der Waals surface area contributed by atoms with Gasteiger partial charge in [-0.25, -0.2) is 17.9 Å². The molecule has 5 nitrogen and oxygen atoms in total. The van der Waals surface area contributed by atoms with Crippen LogP contribution in [0, 0.1) is 23.2 Å². The molecular formula is C19H24ClNO4S. The number of carboxylic acid groups (broad SMARTS) is 1. The molecule has 2 N–H and O–H groups in total. The maximum Gasteiger partial charge on any atom is 0.335 e. The van der Waals surface area contributed by atoms with E-state index in [9.17, 15) is 13.2 Å². The number of nitrogens with one attached hydrogen (secondary N) is 1. The Kier molecular flexibility index (Phi) is 4.36. The second-order valence-electron chi connectivity index (χ2n) is 8.57. The molecule has 0 heterocycles. The van der Waals surface area contributed by atoms with Crippen molar-refractivity contribution in [3.63, 3.8) is 0 Å². The number of aromatic carboxylic acids is 1. The van der Waals surface area contributed by atoms with Gasteiger partial charge in [0.1, 0.15) is 4.90 Å². The average Bonchev–Trinajstić information content (AvgIpc) is 2.53. The molecule has 142 valence electrons. The number of halogens is 1. The minimum atomic E-state index is -3.89. The Balaban J connectivity index is 1.60. The molecule has 1 atom stereocenters. The van der Waals surface area contributed by atoms with Gasteiger partial charge in [0.15, 0.2) is 0 Å². The van der Waals surface area contributed by atoms with Crippen LogP contribution in [0.3, 0.4) is 0 Å². The molecule has 4 saturated carbocycles. The molecule has 0 radical (unpaired) electrons. The van der Waals surface area contributed by atoms with E-state index in [0.717, 1.165) is 43.1 Å². The number of hydrogen-bond donors (Lipinski definition) is 2. The lowest BCUT2D eigenvalue weighted by Gasteiger charge is -2.59.